The molecule has 1 aromatic heterocycles. The Morgan fingerprint density at radius 3 is 3.00 bits per heavy atom. The van der Waals surface area contributed by atoms with Gasteiger partial charge in [0.05, 0.1) is 12.2 Å². The number of nitrogens with one attached hydrogen (secondary N) is 3. The summed E-state index contributed by atoms with van der Waals surface area (Å²) in [6, 6.07) is 9.37. The molecule has 2 aliphatic heterocycles. The molecule has 2 saturated heterocycles. The summed E-state index contributed by atoms with van der Waals surface area (Å²) < 4.78 is 6.13. The van der Waals surface area contributed by atoms with Gasteiger partial charge in [0.2, 0.25) is 11.8 Å². The van der Waals surface area contributed by atoms with Crippen molar-refractivity contribution in [3.63, 3.8) is 0 Å². The van der Waals surface area contributed by atoms with Gasteiger partial charge in [-0.2, -0.15) is 0 Å². The van der Waals surface area contributed by atoms with Crippen molar-refractivity contribution in [1.82, 2.24) is 26.1 Å². The van der Waals surface area contributed by atoms with E-state index in [1.807, 2.05) is 30.3 Å². The summed E-state index contributed by atoms with van der Waals surface area (Å²) in [6.07, 6.45) is 0.146. The van der Waals surface area contributed by atoms with E-state index in [1.54, 1.807) is 4.90 Å². The van der Waals surface area contributed by atoms with E-state index < -0.39 is 6.17 Å². The molecule has 0 spiro atoms. The van der Waals surface area contributed by atoms with Crippen molar-refractivity contribution in [2.45, 2.75) is 18.7 Å². The number of pyridine rings is 1. The molecule has 0 saturated carbocycles. The highest BCUT2D eigenvalue weighted by Crippen LogP contribution is 2.29. The Morgan fingerprint density at radius 2 is 2.23 bits per heavy atom. The molecule has 8 nitrogen and oxygen atoms in total. The van der Waals surface area contributed by atoms with Crippen LogP contribution in [0.4, 0.5) is 4.79 Å². The number of aromatic nitrogens is 1. The van der Waals surface area contributed by atoms with Crippen LogP contribution < -0.4 is 20.9 Å². The van der Waals surface area contributed by atoms with Crippen LogP contribution in [-0.2, 0) is 4.79 Å². The van der Waals surface area contributed by atoms with E-state index in [0.29, 0.717) is 24.7 Å². The second-order valence-corrected chi connectivity index (χ2v) is 6.52. The van der Waals surface area contributed by atoms with Gasteiger partial charge in [0.15, 0.2) is 0 Å². The van der Waals surface area contributed by atoms with Gasteiger partial charge in [-0.3, -0.25) is 10.2 Å². The van der Waals surface area contributed by atoms with Crippen molar-refractivity contribution in [2.24, 2.45) is 0 Å². The molecular weight excluding hydrogens is 358 g/mol. The number of nitrogens with zero attached hydrogens (tertiary/aromatic N) is 2. The molecule has 3 heterocycles. The number of benzene rings is 1. The minimum Gasteiger partial charge on any atom is -0.472 e. The summed E-state index contributed by atoms with van der Waals surface area (Å²) in [5.41, 5.74) is 5.98. The fourth-order valence-electron chi connectivity index (χ4n) is 3.21. The molecule has 136 valence electrons. The van der Waals surface area contributed by atoms with Crippen LogP contribution in [0, 0.1) is 0 Å². The van der Waals surface area contributed by atoms with Crippen molar-refractivity contribution in [3.05, 3.63) is 36.0 Å². The first kappa shape index (κ1) is 16.9. The van der Waals surface area contributed by atoms with Crippen molar-refractivity contribution in [2.75, 3.05) is 19.0 Å². The number of halogens is 1. The Bertz CT molecular complexity index is 861. The second-order valence-electron chi connectivity index (χ2n) is 6.25. The number of hydrazine groups is 1. The van der Waals surface area contributed by atoms with E-state index >= 15 is 0 Å². The minimum absolute atomic E-state index is 0.0244. The van der Waals surface area contributed by atoms with Crippen molar-refractivity contribution in [3.8, 4) is 5.88 Å². The van der Waals surface area contributed by atoms with E-state index in [-0.39, 0.29) is 23.9 Å². The maximum atomic E-state index is 11.8. The molecule has 0 radical (unpaired) electrons. The average molecular weight is 376 g/mol. The van der Waals surface area contributed by atoms with E-state index in [9.17, 15) is 9.59 Å². The fourth-order valence-corrected chi connectivity index (χ4v) is 3.38. The largest absolute Gasteiger partial charge is 0.472 e. The molecule has 2 atom stereocenters. The van der Waals surface area contributed by atoms with Gasteiger partial charge in [-0.1, -0.05) is 18.2 Å². The number of carbonyl (C=O) groups is 2. The van der Waals surface area contributed by atoms with E-state index in [2.05, 4.69) is 21.2 Å². The van der Waals surface area contributed by atoms with Gasteiger partial charge in [-0.25, -0.2) is 15.2 Å². The zero-order valence-electron chi connectivity index (χ0n) is 13.9. The first-order chi connectivity index (χ1) is 12.6. The standard InChI is InChI=1S/C17H18ClN5O3/c18-8-14(24)23-6-5-11(9-23)26-16-12-4-2-1-3-10(12)7-13(19-16)15-20-17(25)22-21-15/h1-4,7,11,15,21H,5-6,8-9H2,(H2,20,22,25)/t11-,15?/m0/s1. The minimum atomic E-state index is -0.438. The summed E-state index contributed by atoms with van der Waals surface area (Å²) in [4.78, 5) is 29.4. The Hall–Kier alpha value is -2.58. The number of ether oxygens (including phenoxy) is 1. The number of urea groups is 1. The molecule has 26 heavy (non-hydrogen) atoms. The highest BCUT2D eigenvalue weighted by Gasteiger charge is 2.29. The highest BCUT2D eigenvalue weighted by atomic mass is 35.5. The zero-order chi connectivity index (χ0) is 18.1. The molecule has 1 aromatic carbocycles. The molecule has 1 unspecified atom stereocenters. The topological polar surface area (TPSA) is 95.6 Å². The van der Waals surface area contributed by atoms with Gasteiger partial charge in [0.25, 0.3) is 0 Å². The lowest BCUT2D eigenvalue weighted by Crippen LogP contribution is -2.32. The SMILES string of the molecule is O=C1NNC(c2cc3ccccc3c(O[C@H]3CCN(C(=O)CCl)C3)n2)N1. The van der Waals surface area contributed by atoms with Crippen LogP contribution in [0.25, 0.3) is 10.8 Å². The van der Waals surface area contributed by atoms with Gasteiger partial charge in [0, 0.05) is 18.4 Å². The van der Waals surface area contributed by atoms with Crippen LogP contribution in [0.2, 0.25) is 0 Å². The number of hydrogen-bond donors (Lipinski definition) is 3. The Morgan fingerprint density at radius 1 is 1.38 bits per heavy atom. The summed E-state index contributed by atoms with van der Waals surface area (Å²) in [7, 11) is 0. The monoisotopic (exact) mass is 375 g/mol. The van der Waals surface area contributed by atoms with Gasteiger partial charge >= 0.3 is 6.03 Å². The molecule has 2 fully saturated rings. The summed E-state index contributed by atoms with van der Waals surface area (Å²) in [5, 5.41) is 4.58. The molecule has 3 amide bonds. The summed E-state index contributed by atoms with van der Waals surface area (Å²) in [6.45, 7) is 1.11. The van der Waals surface area contributed by atoms with Gasteiger partial charge in [0.1, 0.15) is 18.1 Å². The average Bonchev–Trinajstić information content (AvgIpc) is 3.30. The Balaban J connectivity index is 1.61. The number of hydrogen-bond acceptors (Lipinski definition) is 5. The van der Waals surface area contributed by atoms with E-state index in [1.165, 1.54) is 0 Å². The van der Waals surface area contributed by atoms with Gasteiger partial charge in [-0.05, 0) is 17.5 Å². The normalized spacial score (nSPS) is 22.3. The second kappa shape index (κ2) is 6.97. The predicted octanol–water partition coefficient (Wildman–Crippen LogP) is 1.27. The molecule has 9 heteroatoms. The zero-order valence-corrected chi connectivity index (χ0v) is 14.6. The molecule has 0 bridgehead atoms. The lowest BCUT2D eigenvalue weighted by Gasteiger charge is -2.18. The number of alkyl halides is 1. The van der Waals surface area contributed by atoms with Crippen LogP contribution in [0.3, 0.4) is 0 Å². The molecular formula is C17H18ClN5O3. The number of likely N-dealkylation sites (tertiary alicyclic amines) is 1. The smallest absolute Gasteiger partial charge is 0.330 e. The van der Waals surface area contributed by atoms with Gasteiger partial charge in [-0.15, -0.1) is 11.6 Å². The lowest BCUT2D eigenvalue weighted by molar-refractivity contribution is -0.127. The third-order valence-corrected chi connectivity index (χ3v) is 4.75. The maximum absolute atomic E-state index is 11.8. The maximum Gasteiger partial charge on any atom is 0.330 e. The van der Waals surface area contributed by atoms with E-state index in [0.717, 1.165) is 17.2 Å². The van der Waals surface area contributed by atoms with Crippen LogP contribution in [-0.4, -0.2) is 46.9 Å². The van der Waals surface area contributed by atoms with Gasteiger partial charge < -0.3 is 15.0 Å². The van der Waals surface area contributed by atoms with Crippen molar-refractivity contribution < 1.29 is 14.3 Å². The number of fused-ring (bicyclic) bond motifs is 1. The number of amides is 3. The molecule has 4 rings (SSSR count). The van der Waals surface area contributed by atoms with Crippen molar-refractivity contribution >= 4 is 34.3 Å². The first-order valence-corrected chi connectivity index (χ1v) is 8.89. The predicted molar refractivity (Wildman–Crippen MR) is 95.6 cm³/mol. The highest BCUT2D eigenvalue weighted by molar-refractivity contribution is 6.27. The Labute approximate surface area is 154 Å². The van der Waals surface area contributed by atoms with Crippen molar-refractivity contribution in [1.29, 1.82) is 0 Å². The van der Waals surface area contributed by atoms with E-state index in [4.69, 9.17) is 16.3 Å². The summed E-state index contributed by atoms with van der Waals surface area (Å²) >= 11 is 5.63. The number of rotatable bonds is 4. The lowest BCUT2D eigenvalue weighted by atomic mass is 10.1. The van der Waals surface area contributed by atoms with Crippen LogP contribution in [0.15, 0.2) is 30.3 Å². The summed E-state index contributed by atoms with van der Waals surface area (Å²) in [5.74, 6) is 0.378. The van der Waals surface area contributed by atoms with Crippen LogP contribution in [0.1, 0.15) is 18.3 Å². The third-order valence-electron chi connectivity index (χ3n) is 4.52. The molecule has 2 aromatic rings. The van der Waals surface area contributed by atoms with Crippen LogP contribution >= 0.6 is 11.6 Å². The fraction of sp³-hybridized carbons (Fsp3) is 0.353. The third kappa shape index (κ3) is 3.25. The first-order valence-electron chi connectivity index (χ1n) is 8.36. The molecule has 0 aliphatic carbocycles. The quantitative estimate of drug-likeness (QED) is 0.699. The molecule has 2 aliphatic rings. The number of carbonyl (C=O) groups excluding carboxylic acids is 2. The Kier molecular flexibility index (Phi) is 4.52. The van der Waals surface area contributed by atoms with Crippen LogP contribution in [0.5, 0.6) is 5.88 Å². The molecule has 3 N–H and O–H groups in total.